The van der Waals surface area contributed by atoms with Gasteiger partial charge in [-0.3, -0.25) is 4.98 Å². The zero-order valence-electron chi connectivity index (χ0n) is 9.25. The van der Waals surface area contributed by atoms with Crippen LogP contribution in [0.4, 0.5) is 0 Å². The third kappa shape index (κ3) is 2.52. The average Bonchev–Trinajstić information content (AvgIpc) is 2.44. The summed E-state index contributed by atoms with van der Waals surface area (Å²) in [6.07, 6.45) is 10.2. The predicted molar refractivity (Wildman–Crippen MR) is 64.4 cm³/mol. The third-order valence-corrected chi connectivity index (χ3v) is 3.93. The van der Waals surface area contributed by atoms with E-state index in [2.05, 4.69) is 18.0 Å². The van der Waals surface area contributed by atoms with Crippen LogP contribution in [0.5, 0.6) is 0 Å². The molecule has 0 N–H and O–H groups in total. The highest BCUT2D eigenvalue weighted by Gasteiger charge is 2.24. The van der Waals surface area contributed by atoms with E-state index in [1.54, 1.807) is 0 Å². The zero-order chi connectivity index (χ0) is 10.7. The lowest BCUT2D eigenvalue weighted by molar-refractivity contribution is 0.595. The van der Waals surface area contributed by atoms with Gasteiger partial charge in [-0.2, -0.15) is 0 Å². The number of aromatic nitrogens is 1. The summed E-state index contributed by atoms with van der Waals surface area (Å²) in [5.74, 6) is 0.517. The van der Waals surface area contributed by atoms with Gasteiger partial charge < -0.3 is 0 Å². The van der Waals surface area contributed by atoms with Crippen molar-refractivity contribution >= 4 is 11.6 Å². The van der Waals surface area contributed by atoms with Gasteiger partial charge in [0, 0.05) is 23.7 Å². The summed E-state index contributed by atoms with van der Waals surface area (Å²) in [6, 6.07) is 2.09. The number of nitrogens with zero attached hydrogens (tertiary/aromatic N) is 1. The Bertz CT molecular complexity index is 324. The number of hydrogen-bond acceptors (Lipinski definition) is 1. The maximum atomic E-state index is 6.47. The average molecular weight is 224 g/mol. The summed E-state index contributed by atoms with van der Waals surface area (Å²) in [6.45, 7) is 2.16. The maximum Gasteiger partial charge on any atom is 0.0405 e. The van der Waals surface area contributed by atoms with Gasteiger partial charge in [0.2, 0.25) is 0 Å². The van der Waals surface area contributed by atoms with Crippen molar-refractivity contribution in [3.63, 3.8) is 0 Å². The van der Waals surface area contributed by atoms with E-state index in [1.165, 1.54) is 36.8 Å². The SMILES string of the molecule is Cc1ccncc1C1CCCCCC1Cl. The van der Waals surface area contributed by atoms with Crippen LogP contribution in [0, 0.1) is 6.92 Å². The van der Waals surface area contributed by atoms with Gasteiger partial charge >= 0.3 is 0 Å². The van der Waals surface area contributed by atoms with Gasteiger partial charge in [0.15, 0.2) is 0 Å². The molecule has 2 unspecified atom stereocenters. The monoisotopic (exact) mass is 223 g/mol. The van der Waals surface area contributed by atoms with Crippen molar-refractivity contribution in [1.29, 1.82) is 0 Å². The van der Waals surface area contributed by atoms with Gasteiger partial charge in [-0.25, -0.2) is 0 Å². The van der Waals surface area contributed by atoms with Crippen LogP contribution >= 0.6 is 11.6 Å². The molecule has 1 aromatic heterocycles. The van der Waals surface area contributed by atoms with Gasteiger partial charge in [-0.1, -0.05) is 19.3 Å². The first-order valence-corrected chi connectivity index (χ1v) is 6.27. The van der Waals surface area contributed by atoms with E-state index in [1.807, 2.05) is 12.4 Å². The van der Waals surface area contributed by atoms with Crippen molar-refractivity contribution in [2.45, 2.75) is 50.3 Å². The third-order valence-electron chi connectivity index (χ3n) is 3.41. The molecule has 0 amide bonds. The van der Waals surface area contributed by atoms with Crippen molar-refractivity contribution in [3.8, 4) is 0 Å². The number of alkyl halides is 1. The van der Waals surface area contributed by atoms with E-state index >= 15 is 0 Å². The molecular formula is C13H18ClN. The van der Waals surface area contributed by atoms with Crippen molar-refractivity contribution in [2.24, 2.45) is 0 Å². The molecule has 2 rings (SSSR count). The predicted octanol–water partition coefficient (Wildman–Crippen LogP) is 4.05. The standard InChI is InChI=1S/C13H18ClN/c1-10-7-8-15-9-12(10)11-5-3-2-4-6-13(11)14/h7-9,11,13H,2-6H2,1H3. The Morgan fingerprint density at radius 1 is 1.27 bits per heavy atom. The topological polar surface area (TPSA) is 12.9 Å². The molecule has 0 aromatic carbocycles. The molecule has 15 heavy (non-hydrogen) atoms. The maximum absolute atomic E-state index is 6.47. The smallest absolute Gasteiger partial charge is 0.0405 e. The Kier molecular flexibility index (Phi) is 3.63. The first-order valence-electron chi connectivity index (χ1n) is 5.83. The molecule has 1 fully saturated rings. The Labute approximate surface area is 96.9 Å². The molecule has 82 valence electrons. The number of halogens is 1. The minimum atomic E-state index is 0.301. The number of pyridine rings is 1. The Morgan fingerprint density at radius 2 is 2.07 bits per heavy atom. The fourth-order valence-electron chi connectivity index (χ4n) is 2.48. The van der Waals surface area contributed by atoms with Crippen molar-refractivity contribution in [2.75, 3.05) is 0 Å². The fraction of sp³-hybridized carbons (Fsp3) is 0.615. The molecular weight excluding hydrogens is 206 g/mol. The second-order valence-corrected chi connectivity index (χ2v) is 5.05. The first-order chi connectivity index (χ1) is 7.29. The molecule has 1 heterocycles. The molecule has 0 aliphatic heterocycles. The van der Waals surface area contributed by atoms with Crippen LogP contribution in [0.15, 0.2) is 18.5 Å². The lowest BCUT2D eigenvalue weighted by Gasteiger charge is -2.21. The van der Waals surface area contributed by atoms with Gasteiger partial charge in [0.1, 0.15) is 0 Å². The summed E-state index contributed by atoms with van der Waals surface area (Å²) in [7, 11) is 0. The number of rotatable bonds is 1. The Balaban J connectivity index is 2.24. The molecule has 1 aliphatic carbocycles. The molecule has 1 aliphatic rings. The van der Waals surface area contributed by atoms with Crippen LogP contribution in [0.2, 0.25) is 0 Å². The molecule has 0 bridgehead atoms. The summed E-state index contributed by atoms with van der Waals surface area (Å²) >= 11 is 6.47. The van der Waals surface area contributed by atoms with Crippen LogP contribution < -0.4 is 0 Å². The number of aryl methyl sites for hydroxylation is 1. The van der Waals surface area contributed by atoms with Crippen LogP contribution in [-0.4, -0.2) is 10.4 Å². The highest BCUT2D eigenvalue weighted by molar-refractivity contribution is 6.21. The summed E-state index contributed by atoms with van der Waals surface area (Å²) in [4.78, 5) is 4.23. The van der Waals surface area contributed by atoms with Gasteiger partial charge in [0.25, 0.3) is 0 Å². The summed E-state index contributed by atoms with van der Waals surface area (Å²) in [5, 5.41) is 0.301. The molecule has 2 atom stereocenters. The van der Waals surface area contributed by atoms with Crippen molar-refractivity contribution in [1.82, 2.24) is 4.98 Å². The van der Waals surface area contributed by atoms with Crippen LogP contribution in [-0.2, 0) is 0 Å². The Morgan fingerprint density at radius 3 is 2.87 bits per heavy atom. The molecule has 1 aromatic rings. The summed E-state index contributed by atoms with van der Waals surface area (Å²) < 4.78 is 0. The highest BCUT2D eigenvalue weighted by atomic mass is 35.5. The zero-order valence-corrected chi connectivity index (χ0v) is 10.0. The minimum absolute atomic E-state index is 0.301. The van der Waals surface area contributed by atoms with Gasteiger partial charge in [0.05, 0.1) is 0 Å². The van der Waals surface area contributed by atoms with E-state index in [0.29, 0.717) is 11.3 Å². The van der Waals surface area contributed by atoms with Crippen LogP contribution in [0.25, 0.3) is 0 Å². The Hall–Kier alpha value is -0.560. The van der Waals surface area contributed by atoms with Crippen LogP contribution in [0.3, 0.4) is 0 Å². The summed E-state index contributed by atoms with van der Waals surface area (Å²) in [5.41, 5.74) is 2.70. The largest absolute Gasteiger partial charge is 0.264 e. The van der Waals surface area contributed by atoms with E-state index in [9.17, 15) is 0 Å². The quantitative estimate of drug-likeness (QED) is 0.517. The molecule has 0 radical (unpaired) electrons. The van der Waals surface area contributed by atoms with E-state index in [-0.39, 0.29) is 0 Å². The van der Waals surface area contributed by atoms with E-state index < -0.39 is 0 Å². The number of hydrogen-bond donors (Lipinski definition) is 0. The highest BCUT2D eigenvalue weighted by Crippen LogP contribution is 2.36. The molecule has 1 saturated carbocycles. The second kappa shape index (κ2) is 4.98. The first kappa shape index (κ1) is 10.9. The van der Waals surface area contributed by atoms with Crippen molar-refractivity contribution < 1.29 is 0 Å². The fourth-order valence-corrected chi connectivity index (χ4v) is 2.89. The van der Waals surface area contributed by atoms with E-state index in [4.69, 9.17) is 11.6 Å². The molecule has 1 nitrogen and oxygen atoms in total. The minimum Gasteiger partial charge on any atom is -0.264 e. The van der Waals surface area contributed by atoms with Crippen molar-refractivity contribution in [3.05, 3.63) is 29.6 Å². The van der Waals surface area contributed by atoms with E-state index in [0.717, 1.165) is 6.42 Å². The lowest BCUT2D eigenvalue weighted by atomic mass is 9.90. The lowest BCUT2D eigenvalue weighted by Crippen LogP contribution is -2.12. The van der Waals surface area contributed by atoms with Crippen LogP contribution in [0.1, 0.15) is 49.1 Å². The molecule has 0 saturated heterocycles. The van der Waals surface area contributed by atoms with Gasteiger partial charge in [-0.05, 0) is 37.0 Å². The van der Waals surface area contributed by atoms with Gasteiger partial charge in [-0.15, -0.1) is 11.6 Å². The molecule has 2 heteroatoms. The second-order valence-electron chi connectivity index (χ2n) is 4.49. The molecule has 0 spiro atoms. The normalized spacial score (nSPS) is 27.3.